The summed E-state index contributed by atoms with van der Waals surface area (Å²) in [5.74, 6) is 0.747. The molecule has 2 heterocycles. The van der Waals surface area contributed by atoms with Crippen LogP contribution in [0.5, 0.6) is 11.8 Å². The first kappa shape index (κ1) is 19.2. The molecule has 0 saturated carbocycles. The molecule has 1 aromatic heterocycles. The van der Waals surface area contributed by atoms with Gasteiger partial charge in [-0.15, -0.1) is 0 Å². The number of methoxy groups -OCH3 is 2. The number of rotatable bonds is 7. The van der Waals surface area contributed by atoms with Gasteiger partial charge in [-0.3, -0.25) is 0 Å². The maximum absolute atomic E-state index is 12.1. The summed E-state index contributed by atoms with van der Waals surface area (Å²) in [7, 11) is 3.28. The summed E-state index contributed by atoms with van der Waals surface area (Å²) in [6.07, 6.45) is 4.08. The van der Waals surface area contributed by atoms with Crippen LogP contribution in [-0.2, 0) is 4.74 Å². The number of hydrogen-bond donors (Lipinski definition) is 1. The van der Waals surface area contributed by atoms with E-state index < -0.39 is 0 Å². The molecule has 0 radical (unpaired) electrons. The Balaban J connectivity index is 1.50. The second-order valence-electron chi connectivity index (χ2n) is 6.46. The Morgan fingerprint density at radius 2 is 2.11 bits per heavy atom. The van der Waals surface area contributed by atoms with E-state index in [4.69, 9.17) is 14.2 Å². The molecule has 0 spiro atoms. The molecule has 1 N–H and O–H groups in total. The summed E-state index contributed by atoms with van der Waals surface area (Å²) < 4.78 is 16.2. The molecule has 0 unspecified atom stereocenters. The Hall–Kier alpha value is -2.61. The minimum atomic E-state index is -0.0291. The predicted molar refractivity (Wildman–Crippen MR) is 101 cm³/mol. The number of nitrogens with one attached hydrogen (secondary N) is 1. The number of likely N-dealkylation sites (tertiary alicyclic amines) is 1. The number of nitrogens with zero attached hydrogens (tertiary/aromatic N) is 3. The van der Waals surface area contributed by atoms with Crippen LogP contribution in [-0.4, -0.2) is 67.5 Å². The van der Waals surface area contributed by atoms with Gasteiger partial charge in [0.2, 0.25) is 0 Å². The molecule has 2 aromatic rings. The van der Waals surface area contributed by atoms with E-state index in [0.29, 0.717) is 32.3 Å². The fraction of sp³-hybridized carbons (Fsp3) is 0.526. The van der Waals surface area contributed by atoms with E-state index in [2.05, 4.69) is 15.3 Å². The molecule has 0 atom stereocenters. The lowest BCUT2D eigenvalue weighted by Gasteiger charge is -2.31. The van der Waals surface area contributed by atoms with Gasteiger partial charge in [-0.1, -0.05) is 0 Å². The highest BCUT2D eigenvalue weighted by atomic mass is 16.5. The third kappa shape index (κ3) is 5.19. The van der Waals surface area contributed by atoms with E-state index in [0.717, 1.165) is 35.9 Å². The Morgan fingerprint density at radius 1 is 1.30 bits per heavy atom. The maximum Gasteiger partial charge on any atom is 0.317 e. The van der Waals surface area contributed by atoms with Crippen molar-refractivity contribution in [3.8, 4) is 11.8 Å². The molecular formula is C19H26N4O4. The lowest BCUT2D eigenvalue weighted by molar-refractivity contribution is 0.103. The number of piperidine rings is 1. The zero-order valence-corrected chi connectivity index (χ0v) is 15.8. The summed E-state index contributed by atoms with van der Waals surface area (Å²) in [5.41, 5.74) is 0.784. The van der Waals surface area contributed by atoms with Gasteiger partial charge in [-0.05, 0) is 18.6 Å². The van der Waals surface area contributed by atoms with Gasteiger partial charge in [0.25, 0.3) is 0 Å². The van der Waals surface area contributed by atoms with Crippen molar-refractivity contribution < 1.29 is 19.0 Å². The van der Waals surface area contributed by atoms with Crippen LogP contribution in [0.4, 0.5) is 4.79 Å². The predicted octanol–water partition coefficient (Wildman–Crippen LogP) is 2.23. The number of aromatic nitrogens is 2. The van der Waals surface area contributed by atoms with Crippen molar-refractivity contribution in [1.29, 1.82) is 0 Å². The molecule has 0 aliphatic carbocycles. The van der Waals surface area contributed by atoms with Crippen LogP contribution in [0.25, 0.3) is 10.9 Å². The Kier molecular flexibility index (Phi) is 6.64. The quantitative estimate of drug-likeness (QED) is 0.748. The molecule has 1 aliphatic heterocycles. The van der Waals surface area contributed by atoms with Crippen LogP contribution < -0.4 is 14.8 Å². The number of hydrogen-bond acceptors (Lipinski definition) is 6. The van der Waals surface area contributed by atoms with Gasteiger partial charge in [0.15, 0.2) is 0 Å². The molecule has 8 heteroatoms. The van der Waals surface area contributed by atoms with E-state index in [1.807, 2.05) is 23.1 Å². The van der Waals surface area contributed by atoms with Gasteiger partial charge in [0.05, 0.1) is 12.6 Å². The van der Waals surface area contributed by atoms with E-state index in [1.54, 1.807) is 20.4 Å². The average Bonchev–Trinajstić information content (AvgIpc) is 2.71. The van der Waals surface area contributed by atoms with Crippen molar-refractivity contribution in [2.24, 2.45) is 0 Å². The van der Waals surface area contributed by atoms with Crippen molar-refractivity contribution in [1.82, 2.24) is 20.2 Å². The van der Waals surface area contributed by atoms with E-state index in [9.17, 15) is 4.79 Å². The van der Waals surface area contributed by atoms with Crippen molar-refractivity contribution >= 4 is 16.9 Å². The Morgan fingerprint density at radius 3 is 2.85 bits per heavy atom. The smallest absolute Gasteiger partial charge is 0.317 e. The fourth-order valence-electron chi connectivity index (χ4n) is 3.02. The lowest BCUT2D eigenvalue weighted by atomic mass is 10.1. The summed E-state index contributed by atoms with van der Waals surface area (Å²) in [4.78, 5) is 22.7. The standard InChI is InChI=1S/C19H26N4O4/c1-25-11-3-8-20-19(24)23-9-6-15(7-10-23)27-18-21-13-14-4-5-16(26-2)12-17(14)22-18/h4-5,12-13,15H,3,6-11H2,1-2H3,(H,20,24). The zero-order valence-electron chi connectivity index (χ0n) is 15.8. The zero-order chi connectivity index (χ0) is 19.1. The largest absolute Gasteiger partial charge is 0.497 e. The first-order valence-corrected chi connectivity index (χ1v) is 9.19. The molecule has 3 rings (SSSR count). The third-order valence-corrected chi connectivity index (χ3v) is 4.57. The number of carbonyl (C=O) groups is 1. The number of amides is 2. The highest BCUT2D eigenvalue weighted by Gasteiger charge is 2.24. The van der Waals surface area contributed by atoms with Gasteiger partial charge >= 0.3 is 12.0 Å². The summed E-state index contributed by atoms with van der Waals surface area (Å²) >= 11 is 0. The first-order valence-electron chi connectivity index (χ1n) is 9.19. The SMILES string of the molecule is COCCCNC(=O)N1CCC(Oc2ncc3ccc(OC)cc3n2)CC1. The molecule has 27 heavy (non-hydrogen) atoms. The van der Waals surface area contributed by atoms with Crippen molar-refractivity contribution in [2.75, 3.05) is 40.5 Å². The number of fused-ring (bicyclic) bond motifs is 1. The molecule has 2 amide bonds. The van der Waals surface area contributed by atoms with Crippen LogP contribution >= 0.6 is 0 Å². The highest BCUT2D eigenvalue weighted by molar-refractivity contribution is 5.79. The monoisotopic (exact) mass is 374 g/mol. The second-order valence-corrected chi connectivity index (χ2v) is 6.46. The van der Waals surface area contributed by atoms with Crippen LogP contribution in [0.2, 0.25) is 0 Å². The molecule has 1 saturated heterocycles. The molecule has 1 aliphatic rings. The molecule has 1 fully saturated rings. The summed E-state index contributed by atoms with van der Waals surface area (Å²) in [5, 5.41) is 3.85. The van der Waals surface area contributed by atoms with Gasteiger partial charge in [-0.2, -0.15) is 4.98 Å². The van der Waals surface area contributed by atoms with Gasteiger partial charge in [-0.25, -0.2) is 9.78 Å². The second kappa shape index (κ2) is 9.36. The molecule has 146 valence electrons. The fourth-order valence-corrected chi connectivity index (χ4v) is 3.02. The average molecular weight is 374 g/mol. The third-order valence-electron chi connectivity index (χ3n) is 4.57. The first-order chi connectivity index (χ1) is 13.2. The Bertz CT molecular complexity index is 762. The van der Waals surface area contributed by atoms with Crippen molar-refractivity contribution in [3.05, 3.63) is 24.4 Å². The van der Waals surface area contributed by atoms with Gasteiger partial charge < -0.3 is 24.4 Å². The molecular weight excluding hydrogens is 348 g/mol. The van der Waals surface area contributed by atoms with E-state index >= 15 is 0 Å². The highest BCUT2D eigenvalue weighted by Crippen LogP contribution is 2.22. The number of benzene rings is 1. The summed E-state index contributed by atoms with van der Waals surface area (Å²) in [6, 6.07) is 5.99. The topological polar surface area (TPSA) is 85.8 Å². The van der Waals surface area contributed by atoms with Crippen LogP contribution in [0.15, 0.2) is 24.4 Å². The van der Waals surface area contributed by atoms with Gasteiger partial charge in [0.1, 0.15) is 11.9 Å². The van der Waals surface area contributed by atoms with Crippen molar-refractivity contribution in [2.45, 2.75) is 25.4 Å². The normalized spacial score (nSPS) is 15.0. The number of ether oxygens (including phenoxy) is 3. The van der Waals surface area contributed by atoms with E-state index in [1.165, 1.54) is 0 Å². The molecule has 8 nitrogen and oxygen atoms in total. The van der Waals surface area contributed by atoms with Crippen molar-refractivity contribution in [3.63, 3.8) is 0 Å². The summed E-state index contributed by atoms with van der Waals surface area (Å²) in [6.45, 7) is 2.58. The van der Waals surface area contributed by atoms with Crippen LogP contribution in [0.1, 0.15) is 19.3 Å². The number of urea groups is 1. The Labute approximate surface area is 158 Å². The van der Waals surface area contributed by atoms with Gasteiger partial charge in [0, 0.05) is 63.8 Å². The molecule has 0 bridgehead atoms. The minimum Gasteiger partial charge on any atom is -0.497 e. The molecule has 1 aromatic carbocycles. The van der Waals surface area contributed by atoms with E-state index in [-0.39, 0.29) is 12.1 Å². The lowest BCUT2D eigenvalue weighted by Crippen LogP contribution is -2.46. The van der Waals surface area contributed by atoms with Crippen LogP contribution in [0.3, 0.4) is 0 Å². The van der Waals surface area contributed by atoms with Crippen LogP contribution in [0, 0.1) is 0 Å². The number of carbonyl (C=O) groups excluding carboxylic acids is 1. The minimum absolute atomic E-state index is 0.00518. The maximum atomic E-state index is 12.1.